The molecule has 3 aromatic rings. The second-order valence-electron chi connectivity index (χ2n) is 6.97. The monoisotopic (exact) mass is 434 g/mol. The van der Waals surface area contributed by atoms with Crippen LogP contribution in [0.1, 0.15) is 28.6 Å². The number of urea groups is 1. The number of nitrogens with one attached hydrogen (secondary N) is 1. The Kier molecular flexibility index (Phi) is 5.85. The van der Waals surface area contributed by atoms with Gasteiger partial charge in [-0.05, 0) is 37.3 Å². The van der Waals surface area contributed by atoms with Gasteiger partial charge in [-0.15, -0.1) is 0 Å². The van der Waals surface area contributed by atoms with Crippen LogP contribution in [-0.2, 0) is 16.1 Å². The molecule has 2 aromatic carbocycles. The lowest BCUT2D eigenvalue weighted by atomic mass is 10.1. The zero-order valence-corrected chi connectivity index (χ0v) is 17.1. The summed E-state index contributed by atoms with van der Waals surface area (Å²) in [6.45, 7) is 1.86. The predicted molar refractivity (Wildman–Crippen MR) is 114 cm³/mol. The molecule has 0 bridgehead atoms. The molecule has 0 saturated carbocycles. The Labute approximate surface area is 183 Å². The first-order chi connectivity index (χ1) is 15.5. The Morgan fingerprint density at radius 3 is 2.56 bits per heavy atom. The minimum Gasteiger partial charge on any atom is -0.462 e. The van der Waals surface area contributed by atoms with Gasteiger partial charge < -0.3 is 14.5 Å². The van der Waals surface area contributed by atoms with E-state index < -0.39 is 23.7 Å². The maximum absolute atomic E-state index is 13.9. The second-order valence-corrected chi connectivity index (χ2v) is 6.97. The normalized spacial score (nSPS) is 14.7. The Morgan fingerprint density at radius 2 is 1.84 bits per heavy atom. The molecule has 0 unspecified atom stereocenters. The van der Waals surface area contributed by atoms with Gasteiger partial charge in [0, 0.05) is 17.2 Å². The van der Waals surface area contributed by atoms with E-state index in [2.05, 4.69) is 5.32 Å². The van der Waals surface area contributed by atoms with Gasteiger partial charge >= 0.3 is 12.0 Å². The molecule has 1 aromatic heterocycles. The molecule has 2 heterocycles. The van der Waals surface area contributed by atoms with Crippen molar-refractivity contribution in [3.05, 3.63) is 89.1 Å². The third-order valence-corrected chi connectivity index (χ3v) is 4.84. The summed E-state index contributed by atoms with van der Waals surface area (Å²) in [4.78, 5) is 37.6. The second kappa shape index (κ2) is 8.89. The summed E-state index contributed by atoms with van der Waals surface area (Å²) in [7, 11) is 0. The molecule has 162 valence electrons. The highest BCUT2D eigenvalue weighted by molar-refractivity contribution is 6.13. The van der Waals surface area contributed by atoms with Gasteiger partial charge in [0.1, 0.15) is 23.0 Å². The fourth-order valence-electron chi connectivity index (χ4n) is 3.22. The molecule has 0 atom stereocenters. The molecule has 1 aliphatic heterocycles. The summed E-state index contributed by atoms with van der Waals surface area (Å²) in [5.74, 6) is -0.595. The number of esters is 1. The standard InChI is InChI=1S/C24H19FN2O5/c1-2-31-23(29)16-9-7-15(8-10-16)21-12-11-18(32-21)13-20-22(28)27(24(30)26-20)14-17-5-3-4-6-19(17)25/h3-13H,2,14H2,1H3,(H,26,30)/b20-13+. The van der Waals surface area contributed by atoms with Crippen molar-refractivity contribution in [1.82, 2.24) is 10.2 Å². The van der Waals surface area contributed by atoms with E-state index in [1.54, 1.807) is 49.4 Å². The molecule has 0 aliphatic carbocycles. The van der Waals surface area contributed by atoms with Crippen LogP contribution in [0.4, 0.5) is 9.18 Å². The molecule has 1 N–H and O–H groups in total. The number of benzene rings is 2. The lowest BCUT2D eigenvalue weighted by Crippen LogP contribution is -2.30. The first-order valence-electron chi connectivity index (χ1n) is 9.91. The van der Waals surface area contributed by atoms with E-state index in [9.17, 15) is 18.8 Å². The number of hydrogen-bond donors (Lipinski definition) is 1. The number of hydrogen-bond acceptors (Lipinski definition) is 5. The molecule has 1 fully saturated rings. The van der Waals surface area contributed by atoms with Crippen molar-refractivity contribution in [2.45, 2.75) is 13.5 Å². The van der Waals surface area contributed by atoms with E-state index in [0.29, 0.717) is 23.7 Å². The number of amides is 3. The summed E-state index contributed by atoms with van der Waals surface area (Å²) < 4.78 is 24.6. The van der Waals surface area contributed by atoms with E-state index in [1.807, 2.05) is 0 Å². The van der Waals surface area contributed by atoms with E-state index in [1.165, 1.54) is 24.3 Å². The van der Waals surface area contributed by atoms with Crippen molar-refractivity contribution in [3.63, 3.8) is 0 Å². The van der Waals surface area contributed by atoms with E-state index in [0.717, 1.165) is 10.5 Å². The van der Waals surface area contributed by atoms with Gasteiger partial charge in [-0.25, -0.2) is 14.0 Å². The molecule has 0 radical (unpaired) electrons. The van der Waals surface area contributed by atoms with Crippen LogP contribution < -0.4 is 5.32 Å². The van der Waals surface area contributed by atoms with Crippen LogP contribution in [0.3, 0.4) is 0 Å². The van der Waals surface area contributed by atoms with Crippen LogP contribution in [0.25, 0.3) is 17.4 Å². The molecule has 32 heavy (non-hydrogen) atoms. The van der Waals surface area contributed by atoms with Gasteiger partial charge in [-0.2, -0.15) is 0 Å². The highest BCUT2D eigenvalue weighted by Gasteiger charge is 2.34. The lowest BCUT2D eigenvalue weighted by molar-refractivity contribution is -0.123. The van der Waals surface area contributed by atoms with Crippen molar-refractivity contribution < 1.29 is 27.9 Å². The Morgan fingerprint density at radius 1 is 1.09 bits per heavy atom. The molecular formula is C24H19FN2O5. The van der Waals surface area contributed by atoms with Gasteiger partial charge in [0.25, 0.3) is 5.91 Å². The highest BCUT2D eigenvalue weighted by atomic mass is 19.1. The topological polar surface area (TPSA) is 88.9 Å². The minimum atomic E-state index is -0.633. The molecule has 1 aliphatic rings. The van der Waals surface area contributed by atoms with Crippen molar-refractivity contribution in [3.8, 4) is 11.3 Å². The molecule has 7 nitrogen and oxygen atoms in total. The zero-order valence-electron chi connectivity index (χ0n) is 17.1. The number of ether oxygens (including phenoxy) is 1. The maximum atomic E-state index is 13.9. The smallest absolute Gasteiger partial charge is 0.338 e. The third-order valence-electron chi connectivity index (χ3n) is 4.84. The Bertz CT molecular complexity index is 1210. The summed E-state index contributed by atoms with van der Waals surface area (Å²) in [5, 5.41) is 2.49. The molecule has 1 saturated heterocycles. The van der Waals surface area contributed by atoms with Crippen LogP contribution >= 0.6 is 0 Å². The first-order valence-corrected chi connectivity index (χ1v) is 9.91. The fraction of sp³-hybridized carbons (Fsp3) is 0.125. The maximum Gasteiger partial charge on any atom is 0.338 e. The average Bonchev–Trinajstić information content (AvgIpc) is 3.36. The van der Waals surface area contributed by atoms with E-state index in [4.69, 9.17) is 9.15 Å². The number of carbonyl (C=O) groups is 3. The fourth-order valence-corrected chi connectivity index (χ4v) is 3.22. The van der Waals surface area contributed by atoms with Gasteiger partial charge in [0.2, 0.25) is 0 Å². The van der Waals surface area contributed by atoms with Gasteiger partial charge in [-0.1, -0.05) is 30.3 Å². The summed E-state index contributed by atoms with van der Waals surface area (Å²) in [5.41, 5.74) is 1.43. The number of nitrogens with zero attached hydrogens (tertiary/aromatic N) is 1. The Balaban J connectivity index is 1.49. The van der Waals surface area contributed by atoms with E-state index >= 15 is 0 Å². The Hall–Kier alpha value is -4.20. The number of halogens is 1. The zero-order chi connectivity index (χ0) is 22.7. The van der Waals surface area contributed by atoms with Crippen molar-refractivity contribution >= 4 is 24.0 Å². The number of imide groups is 1. The molecule has 8 heteroatoms. The van der Waals surface area contributed by atoms with E-state index in [-0.39, 0.29) is 17.8 Å². The van der Waals surface area contributed by atoms with Crippen molar-refractivity contribution in [2.75, 3.05) is 6.61 Å². The van der Waals surface area contributed by atoms with Crippen LogP contribution in [0.2, 0.25) is 0 Å². The van der Waals surface area contributed by atoms with Crippen molar-refractivity contribution in [2.24, 2.45) is 0 Å². The van der Waals surface area contributed by atoms with Crippen LogP contribution in [-0.4, -0.2) is 29.4 Å². The summed E-state index contributed by atoms with van der Waals surface area (Å²) in [6, 6.07) is 15.4. The SMILES string of the molecule is CCOC(=O)c1ccc(-c2ccc(/C=C3/NC(=O)N(Cc4ccccc4F)C3=O)o2)cc1. The third kappa shape index (κ3) is 4.29. The molecule has 4 rings (SSSR count). The van der Waals surface area contributed by atoms with Gasteiger partial charge in [0.15, 0.2) is 0 Å². The molecule has 0 spiro atoms. The van der Waals surface area contributed by atoms with Crippen LogP contribution in [0, 0.1) is 5.82 Å². The summed E-state index contributed by atoms with van der Waals surface area (Å²) >= 11 is 0. The molecule has 3 amide bonds. The minimum absolute atomic E-state index is 0.0323. The quantitative estimate of drug-likeness (QED) is 0.354. The first kappa shape index (κ1) is 21.0. The predicted octanol–water partition coefficient (Wildman–Crippen LogP) is 4.36. The highest BCUT2D eigenvalue weighted by Crippen LogP contribution is 2.25. The molecular weight excluding hydrogens is 415 g/mol. The largest absolute Gasteiger partial charge is 0.462 e. The summed E-state index contributed by atoms with van der Waals surface area (Å²) in [6.07, 6.45) is 1.41. The van der Waals surface area contributed by atoms with Crippen LogP contribution in [0.15, 0.2) is 70.8 Å². The number of rotatable bonds is 6. The van der Waals surface area contributed by atoms with Crippen molar-refractivity contribution in [1.29, 1.82) is 0 Å². The number of furan rings is 1. The lowest BCUT2D eigenvalue weighted by Gasteiger charge is -2.12. The average molecular weight is 434 g/mol. The van der Waals surface area contributed by atoms with Gasteiger partial charge in [0.05, 0.1) is 18.7 Å². The van der Waals surface area contributed by atoms with Gasteiger partial charge in [-0.3, -0.25) is 9.69 Å². The van der Waals surface area contributed by atoms with Crippen LogP contribution in [0.5, 0.6) is 0 Å². The number of carbonyl (C=O) groups excluding carboxylic acids is 3.